The average Bonchev–Trinajstić information content (AvgIpc) is 3.52. The molecule has 31 heavy (non-hydrogen) atoms. The van der Waals surface area contributed by atoms with Gasteiger partial charge in [-0.1, -0.05) is 18.0 Å². The molecule has 166 valence electrons. The van der Waals surface area contributed by atoms with Gasteiger partial charge in [0.05, 0.1) is 31.1 Å². The maximum Gasteiger partial charge on any atom is 0.236 e. The SMILES string of the molecule is COc1cc(Cn2cccn2)cc2onc(NS(=O)(=O)CC3CCC4(CCCC4)O3)c12. The normalized spacial score (nSPS) is 20.6. The first-order valence-corrected chi connectivity index (χ1v) is 12.2. The Morgan fingerprint density at radius 2 is 2.13 bits per heavy atom. The van der Waals surface area contributed by atoms with Gasteiger partial charge in [-0.2, -0.15) is 5.10 Å². The van der Waals surface area contributed by atoms with E-state index >= 15 is 0 Å². The van der Waals surface area contributed by atoms with Crippen molar-refractivity contribution in [3.05, 3.63) is 36.2 Å². The highest BCUT2D eigenvalue weighted by Crippen LogP contribution is 2.43. The first kappa shape index (κ1) is 20.3. The van der Waals surface area contributed by atoms with Crippen molar-refractivity contribution in [3.8, 4) is 5.75 Å². The highest BCUT2D eigenvalue weighted by Gasteiger charge is 2.43. The van der Waals surface area contributed by atoms with Crippen molar-refractivity contribution in [2.24, 2.45) is 0 Å². The second-order valence-electron chi connectivity index (χ2n) is 8.46. The van der Waals surface area contributed by atoms with Crippen LogP contribution in [0.3, 0.4) is 0 Å². The lowest BCUT2D eigenvalue weighted by molar-refractivity contribution is -0.0272. The van der Waals surface area contributed by atoms with E-state index in [2.05, 4.69) is 15.0 Å². The van der Waals surface area contributed by atoms with Crippen molar-refractivity contribution >= 4 is 26.8 Å². The van der Waals surface area contributed by atoms with Crippen LogP contribution in [0, 0.1) is 0 Å². The molecule has 1 N–H and O–H groups in total. The fourth-order valence-corrected chi connectivity index (χ4v) is 6.07. The van der Waals surface area contributed by atoms with Gasteiger partial charge in [0.2, 0.25) is 10.0 Å². The lowest BCUT2D eigenvalue weighted by atomic mass is 9.98. The minimum absolute atomic E-state index is 0.0944. The molecule has 3 heterocycles. The van der Waals surface area contributed by atoms with Crippen molar-refractivity contribution in [1.29, 1.82) is 0 Å². The highest BCUT2D eigenvalue weighted by atomic mass is 32.2. The molecule has 1 aromatic carbocycles. The Morgan fingerprint density at radius 1 is 1.29 bits per heavy atom. The Balaban J connectivity index is 1.35. The van der Waals surface area contributed by atoms with Crippen LogP contribution in [0.1, 0.15) is 44.1 Å². The van der Waals surface area contributed by atoms with Crippen LogP contribution in [-0.4, -0.2) is 47.9 Å². The molecule has 2 aromatic heterocycles. The van der Waals surface area contributed by atoms with E-state index in [9.17, 15) is 8.42 Å². The average molecular weight is 447 g/mol. The molecule has 1 saturated carbocycles. The summed E-state index contributed by atoms with van der Waals surface area (Å²) in [5.41, 5.74) is 1.25. The fraction of sp³-hybridized carbons (Fsp3) is 0.524. The number of nitrogens with one attached hydrogen (secondary N) is 1. The summed E-state index contributed by atoms with van der Waals surface area (Å²) in [7, 11) is -2.14. The van der Waals surface area contributed by atoms with Crippen molar-refractivity contribution in [3.63, 3.8) is 0 Å². The van der Waals surface area contributed by atoms with Crippen molar-refractivity contribution in [1.82, 2.24) is 14.9 Å². The van der Waals surface area contributed by atoms with Crippen LogP contribution in [0.4, 0.5) is 5.82 Å². The number of nitrogens with zero attached hydrogens (tertiary/aromatic N) is 3. The largest absolute Gasteiger partial charge is 0.496 e. The zero-order valence-electron chi connectivity index (χ0n) is 17.4. The molecule has 0 radical (unpaired) electrons. The molecule has 1 atom stereocenters. The van der Waals surface area contributed by atoms with E-state index in [-0.39, 0.29) is 23.3 Å². The van der Waals surface area contributed by atoms with Gasteiger partial charge in [-0.25, -0.2) is 8.42 Å². The Morgan fingerprint density at radius 3 is 2.87 bits per heavy atom. The Hall–Kier alpha value is -2.59. The molecule has 10 heteroatoms. The number of sulfonamides is 1. The molecule has 2 fully saturated rings. The van der Waals surface area contributed by atoms with E-state index in [0.29, 0.717) is 23.3 Å². The zero-order chi connectivity index (χ0) is 21.5. The van der Waals surface area contributed by atoms with Gasteiger partial charge in [-0.15, -0.1) is 0 Å². The van der Waals surface area contributed by atoms with Crippen molar-refractivity contribution in [2.75, 3.05) is 17.6 Å². The lowest BCUT2D eigenvalue weighted by Crippen LogP contribution is -2.30. The van der Waals surface area contributed by atoms with Gasteiger partial charge in [0.25, 0.3) is 0 Å². The Bertz CT molecular complexity index is 1170. The second-order valence-corrected chi connectivity index (χ2v) is 10.2. The molecule has 3 aromatic rings. The number of benzene rings is 1. The minimum atomic E-state index is -3.67. The molecule has 1 unspecified atom stereocenters. The quantitative estimate of drug-likeness (QED) is 0.593. The van der Waals surface area contributed by atoms with E-state index in [1.807, 2.05) is 24.4 Å². The van der Waals surface area contributed by atoms with E-state index in [4.69, 9.17) is 14.0 Å². The third kappa shape index (κ3) is 4.14. The summed E-state index contributed by atoms with van der Waals surface area (Å²) < 4.78 is 47.2. The van der Waals surface area contributed by atoms with Crippen LogP contribution >= 0.6 is 0 Å². The fourth-order valence-electron chi connectivity index (χ4n) is 4.83. The predicted octanol–water partition coefficient (Wildman–Crippen LogP) is 3.31. The van der Waals surface area contributed by atoms with Crippen molar-refractivity contribution in [2.45, 2.75) is 56.8 Å². The molecule has 1 saturated heterocycles. The molecule has 1 aliphatic heterocycles. The number of fused-ring (bicyclic) bond motifs is 1. The minimum Gasteiger partial charge on any atom is -0.496 e. The van der Waals surface area contributed by atoms with Gasteiger partial charge < -0.3 is 14.0 Å². The third-order valence-corrected chi connectivity index (χ3v) is 7.55. The van der Waals surface area contributed by atoms with Crippen LogP contribution in [-0.2, 0) is 21.3 Å². The van der Waals surface area contributed by atoms with E-state index in [0.717, 1.165) is 44.1 Å². The van der Waals surface area contributed by atoms with Crippen molar-refractivity contribution < 1.29 is 22.4 Å². The van der Waals surface area contributed by atoms with E-state index < -0.39 is 10.0 Å². The van der Waals surface area contributed by atoms with Gasteiger partial charge in [-0.3, -0.25) is 9.40 Å². The number of anilines is 1. The molecule has 1 aliphatic carbocycles. The molecule has 2 aliphatic rings. The summed E-state index contributed by atoms with van der Waals surface area (Å²) in [6.45, 7) is 0.530. The maximum atomic E-state index is 12.9. The van der Waals surface area contributed by atoms with E-state index in [1.54, 1.807) is 10.9 Å². The first-order valence-electron chi connectivity index (χ1n) is 10.6. The molecule has 0 amide bonds. The number of rotatable bonds is 7. The number of aromatic nitrogens is 3. The van der Waals surface area contributed by atoms with Gasteiger partial charge in [0.15, 0.2) is 11.4 Å². The maximum absolute atomic E-state index is 12.9. The molecule has 5 rings (SSSR count). The Labute approximate surface area is 180 Å². The van der Waals surface area contributed by atoms with Gasteiger partial charge in [-0.05, 0) is 49.4 Å². The van der Waals surface area contributed by atoms with Gasteiger partial charge in [0, 0.05) is 12.4 Å². The van der Waals surface area contributed by atoms with Crippen LogP contribution in [0.2, 0.25) is 0 Å². The van der Waals surface area contributed by atoms with Crippen LogP contribution < -0.4 is 9.46 Å². The van der Waals surface area contributed by atoms with Gasteiger partial charge in [0.1, 0.15) is 11.1 Å². The molecule has 1 spiro atoms. The molecular formula is C21H26N4O5S. The van der Waals surface area contributed by atoms with Crippen LogP contribution in [0.25, 0.3) is 11.0 Å². The molecule has 9 nitrogen and oxygen atoms in total. The van der Waals surface area contributed by atoms with E-state index in [1.165, 1.54) is 7.11 Å². The van der Waals surface area contributed by atoms with Crippen LogP contribution in [0.15, 0.2) is 35.1 Å². The summed E-state index contributed by atoms with van der Waals surface area (Å²) in [5, 5.41) is 8.66. The number of hydrogen-bond acceptors (Lipinski definition) is 7. The third-order valence-electron chi connectivity index (χ3n) is 6.23. The molecular weight excluding hydrogens is 420 g/mol. The number of hydrogen-bond donors (Lipinski definition) is 1. The van der Waals surface area contributed by atoms with Gasteiger partial charge >= 0.3 is 0 Å². The summed E-state index contributed by atoms with van der Waals surface area (Å²) >= 11 is 0. The smallest absolute Gasteiger partial charge is 0.236 e. The first-order chi connectivity index (χ1) is 15.0. The number of methoxy groups -OCH3 is 1. The summed E-state index contributed by atoms with van der Waals surface area (Å²) in [4.78, 5) is 0. The Kier molecular flexibility index (Phi) is 5.13. The van der Waals surface area contributed by atoms with Crippen LogP contribution in [0.5, 0.6) is 5.75 Å². The summed E-state index contributed by atoms with van der Waals surface area (Å²) in [5.74, 6) is 0.523. The predicted molar refractivity (Wildman–Crippen MR) is 115 cm³/mol. The topological polar surface area (TPSA) is 108 Å². The standard InChI is InChI=1S/C21H26N4O5S/c1-28-17-11-15(13-25-10-4-9-22-25)12-18-19(17)20(23-30-18)24-31(26,27)14-16-5-8-21(29-16)6-2-3-7-21/h4,9-12,16H,2-3,5-8,13-14H2,1H3,(H,23,24). The second kappa shape index (κ2) is 7.83. The molecule has 0 bridgehead atoms. The lowest BCUT2D eigenvalue weighted by Gasteiger charge is -2.23. The number of ether oxygens (including phenoxy) is 2. The monoisotopic (exact) mass is 446 g/mol. The summed E-state index contributed by atoms with van der Waals surface area (Å²) in [6.07, 6.45) is 9.35. The summed E-state index contributed by atoms with van der Waals surface area (Å²) in [6, 6.07) is 5.50. The highest BCUT2D eigenvalue weighted by molar-refractivity contribution is 7.92. The zero-order valence-corrected chi connectivity index (χ0v) is 18.2.